The predicted octanol–water partition coefficient (Wildman–Crippen LogP) is 2.69. The van der Waals surface area contributed by atoms with Gasteiger partial charge in [0.2, 0.25) is 0 Å². The minimum absolute atomic E-state index is 0.0229. The molecule has 2 rings (SSSR count). The van der Waals surface area contributed by atoms with Gasteiger partial charge in [0.15, 0.2) is 5.16 Å². The number of hydrogen-bond acceptors (Lipinski definition) is 5. The second kappa shape index (κ2) is 7.57. The van der Waals surface area contributed by atoms with Crippen molar-refractivity contribution in [2.24, 2.45) is 0 Å². The van der Waals surface area contributed by atoms with E-state index in [4.69, 9.17) is 11.6 Å². The Bertz CT molecular complexity index is 712. The number of hydrogen-bond donors (Lipinski definition) is 2. The lowest BCUT2D eigenvalue weighted by molar-refractivity contribution is 0.0846. The van der Waals surface area contributed by atoms with Crippen LogP contribution in [0.4, 0.5) is 0 Å². The summed E-state index contributed by atoms with van der Waals surface area (Å²) >= 11 is 10.5. The summed E-state index contributed by atoms with van der Waals surface area (Å²) in [4.78, 5) is 31.7. The van der Waals surface area contributed by atoms with Crippen molar-refractivity contribution in [3.8, 4) is 0 Å². The predicted molar refractivity (Wildman–Crippen MR) is 87.9 cm³/mol. The minimum atomic E-state index is -0.594. The monoisotopic (exact) mass is 400 g/mol. The van der Waals surface area contributed by atoms with Gasteiger partial charge in [0.1, 0.15) is 5.15 Å². The molecule has 1 aromatic carbocycles. The van der Waals surface area contributed by atoms with Gasteiger partial charge in [-0.1, -0.05) is 39.3 Å². The largest absolute Gasteiger partial charge is 0.274 e. The van der Waals surface area contributed by atoms with Crippen molar-refractivity contribution in [1.82, 2.24) is 20.8 Å². The zero-order valence-corrected chi connectivity index (χ0v) is 14.4. The molecular formula is C13H10BrClN4O2S. The van der Waals surface area contributed by atoms with Gasteiger partial charge in [-0.2, -0.15) is 0 Å². The molecular weight excluding hydrogens is 392 g/mol. The highest BCUT2D eigenvalue weighted by Crippen LogP contribution is 2.16. The normalized spacial score (nSPS) is 10.1. The van der Waals surface area contributed by atoms with Crippen LogP contribution in [0.1, 0.15) is 20.7 Å². The second-order valence-electron chi connectivity index (χ2n) is 3.98. The number of nitrogens with one attached hydrogen (secondary N) is 2. The number of nitrogens with zero attached hydrogens (tertiary/aromatic N) is 2. The van der Waals surface area contributed by atoms with Crippen LogP contribution in [0.25, 0.3) is 0 Å². The standard InChI is InChI=1S/C13H10BrClN4O2S/c1-22-13-16-6-9(10(15)17-13)12(21)19-18-11(20)7-2-4-8(14)5-3-7/h2-6H,1H3,(H,18,20)(H,19,21). The molecule has 9 heteroatoms. The van der Waals surface area contributed by atoms with E-state index in [1.165, 1.54) is 18.0 Å². The lowest BCUT2D eigenvalue weighted by Gasteiger charge is -2.08. The van der Waals surface area contributed by atoms with E-state index < -0.39 is 11.8 Å². The molecule has 0 atom stereocenters. The van der Waals surface area contributed by atoms with Crippen molar-refractivity contribution in [2.75, 3.05) is 6.26 Å². The van der Waals surface area contributed by atoms with E-state index in [-0.39, 0.29) is 10.7 Å². The Morgan fingerprint density at radius 2 is 1.82 bits per heavy atom. The summed E-state index contributed by atoms with van der Waals surface area (Å²) in [5.74, 6) is -1.04. The Hall–Kier alpha value is -1.64. The van der Waals surface area contributed by atoms with Crippen LogP contribution in [0.15, 0.2) is 40.1 Å². The van der Waals surface area contributed by atoms with Crippen molar-refractivity contribution in [1.29, 1.82) is 0 Å². The molecule has 22 heavy (non-hydrogen) atoms. The zero-order valence-electron chi connectivity index (χ0n) is 11.3. The molecule has 2 aromatic rings. The molecule has 0 saturated heterocycles. The number of hydrazine groups is 1. The number of aromatic nitrogens is 2. The first-order valence-corrected chi connectivity index (χ1v) is 8.33. The average Bonchev–Trinajstić information content (AvgIpc) is 2.52. The first-order chi connectivity index (χ1) is 10.5. The summed E-state index contributed by atoms with van der Waals surface area (Å²) in [5.41, 5.74) is 5.05. The van der Waals surface area contributed by atoms with Gasteiger partial charge in [-0.25, -0.2) is 9.97 Å². The summed E-state index contributed by atoms with van der Waals surface area (Å²) in [6.45, 7) is 0. The van der Waals surface area contributed by atoms with Crippen molar-refractivity contribution in [3.63, 3.8) is 0 Å². The van der Waals surface area contributed by atoms with Gasteiger partial charge >= 0.3 is 0 Å². The fourth-order valence-corrected chi connectivity index (χ4v) is 2.32. The molecule has 1 heterocycles. The molecule has 0 radical (unpaired) electrons. The molecule has 1 aromatic heterocycles. The average molecular weight is 402 g/mol. The van der Waals surface area contributed by atoms with E-state index >= 15 is 0 Å². The van der Waals surface area contributed by atoms with Crippen LogP contribution < -0.4 is 10.9 Å². The Morgan fingerprint density at radius 1 is 1.18 bits per heavy atom. The van der Waals surface area contributed by atoms with E-state index in [0.29, 0.717) is 10.7 Å². The highest BCUT2D eigenvalue weighted by Gasteiger charge is 2.14. The van der Waals surface area contributed by atoms with Crippen LogP contribution in [0.2, 0.25) is 5.15 Å². The number of carbonyl (C=O) groups excluding carboxylic acids is 2. The number of rotatable bonds is 3. The molecule has 0 aliphatic heterocycles. The van der Waals surface area contributed by atoms with Crippen molar-refractivity contribution in [3.05, 3.63) is 51.2 Å². The van der Waals surface area contributed by atoms with Gasteiger partial charge in [-0.3, -0.25) is 20.4 Å². The lowest BCUT2D eigenvalue weighted by atomic mass is 10.2. The SMILES string of the molecule is CSc1ncc(C(=O)NNC(=O)c2ccc(Br)cc2)c(Cl)n1. The number of carbonyl (C=O) groups is 2. The van der Waals surface area contributed by atoms with Crippen LogP contribution in [0.3, 0.4) is 0 Å². The Balaban J connectivity index is 2.00. The molecule has 0 aliphatic rings. The minimum Gasteiger partial charge on any atom is -0.267 e. The van der Waals surface area contributed by atoms with E-state index in [0.717, 1.165) is 4.47 Å². The number of thioether (sulfide) groups is 1. The first-order valence-electron chi connectivity index (χ1n) is 5.94. The molecule has 114 valence electrons. The quantitative estimate of drug-likeness (QED) is 0.357. The second-order valence-corrected chi connectivity index (χ2v) is 6.02. The van der Waals surface area contributed by atoms with Gasteiger partial charge in [-0.05, 0) is 30.5 Å². The Kier molecular flexibility index (Phi) is 5.76. The highest BCUT2D eigenvalue weighted by atomic mass is 79.9. The fraction of sp³-hybridized carbons (Fsp3) is 0.0769. The number of benzene rings is 1. The Morgan fingerprint density at radius 3 is 2.41 bits per heavy atom. The third-order valence-electron chi connectivity index (χ3n) is 2.54. The van der Waals surface area contributed by atoms with Gasteiger partial charge in [-0.15, -0.1) is 0 Å². The maximum atomic E-state index is 12.0. The van der Waals surface area contributed by atoms with Gasteiger partial charge in [0.05, 0.1) is 5.56 Å². The third kappa shape index (κ3) is 4.19. The molecule has 6 nitrogen and oxygen atoms in total. The zero-order chi connectivity index (χ0) is 16.1. The topological polar surface area (TPSA) is 84.0 Å². The van der Waals surface area contributed by atoms with E-state index in [2.05, 4.69) is 36.7 Å². The molecule has 0 fully saturated rings. The van der Waals surface area contributed by atoms with Gasteiger partial charge < -0.3 is 0 Å². The van der Waals surface area contributed by atoms with Crippen LogP contribution in [-0.4, -0.2) is 28.0 Å². The molecule has 0 spiro atoms. The number of amides is 2. The molecule has 2 amide bonds. The van der Waals surface area contributed by atoms with Crippen molar-refractivity contribution in [2.45, 2.75) is 5.16 Å². The van der Waals surface area contributed by atoms with Crippen LogP contribution in [0, 0.1) is 0 Å². The van der Waals surface area contributed by atoms with E-state index in [9.17, 15) is 9.59 Å². The van der Waals surface area contributed by atoms with Gasteiger partial charge in [0.25, 0.3) is 11.8 Å². The molecule has 2 N–H and O–H groups in total. The highest BCUT2D eigenvalue weighted by molar-refractivity contribution is 9.10. The van der Waals surface area contributed by atoms with E-state index in [1.54, 1.807) is 30.5 Å². The summed E-state index contributed by atoms with van der Waals surface area (Å²) in [5, 5.41) is 0.482. The molecule has 0 aliphatic carbocycles. The van der Waals surface area contributed by atoms with Crippen molar-refractivity contribution >= 4 is 51.1 Å². The fourth-order valence-electron chi connectivity index (χ4n) is 1.45. The van der Waals surface area contributed by atoms with Crippen LogP contribution in [-0.2, 0) is 0 Å². The van der Waals surface area contributed by atoms with Crippen molar-refractivity contribution < 1.29 is 9.59 Å². The van der Waals surface area contributed by atoms with Crippen LogP contribution >= 0.6 is 39.3 Å². The Labute approximate surface area is 144 Å². The summed E-state index contributed by atoms with van der Waals surface area (Å²) in [6, 6.07) is 6.69. The third-order valence-corrected chi connectivity index (χ3v) is 3.92. The lowest BCUT2D eigenvalue weighted by Crippen LogP contribution is -2.41. The van der Waals surface area contributed by atoms with E-state index in [1.807, 2.05) is 0 Å². The summed E-state index contributed by atoms with van der Waals surface area (Å²) in [6.07, 6.45) is 3.10. The smallest absolute Gasteiger partial charge is 0.267 e. The van der Waals surface area contributed by atoms with Gasteiger partial charge in [0, 0.05) is 16.2 Å². The first kappa shape index (κ1) is 16.7. The summed E-state index contributed by atoms with van der Waals surface area (Å²) in [7, 11) is 0. The summed E-state index contributed by atoms with van der Waals surface area (Å²) < 4.78 is 0.853. The number of halogens is 2. The molecule has 0 unspecified atom stereocenters. The maximum Gasteiger partial charge on any atom is 0.274 e. The van der Waals surface area contributed by atoms with Crippen LogP contribution in [0.5, 0.6) is 0 Å². The molecule has 0 bridgehead atoms. The maximum absolute atomic E-state index is 12.0. The molecule has 0 saturated carbocycles.